The molecule has 2 unspecified atom stereocenters. The van der Waals surface area contributed by atoms with Crippen molar-refractivity contribution in [2.24, 2.45) is 11.8 Å². The smallest absolute Gasteiger partial charge is 0.396 e. The van der Waals surface area contributed by atoms with Crippen LogP contribution in [0.2, 0.25) is 0 Å². The van der Waals surface area contributed by atoms with Crippen LogP contribution in [0.25, 0.3) is 0 Å². The summed E-state index contributed by atoms with van der Waals surface area (Å²) in [4.78, 5) is 56.8. The van der Waals surface area contributed by atoms with Crippen molar-refractivity contribution in [3.63, 3.8) is 0 Å². The number of thiol groups is 1. The lowest BCUT2D eigenvalue weighted by Crippen LogP contribution is -2.46. The van der Waals surface area contributed by atoms with Crippen LogP contribution in [0.4, 0.5) is 0 Å². The Labute approximate surface area is 243 Å². The van der Waals surface area contributed by atoms with E-state index in [0.717, 1.165) is 19.3 Å². The minimum absolute atomic E-state index is 0.0298. The molecule has 0 aromatic carbocycles. The van der Waals surface area contributed by atoms with Gasteiger partial charge in [-0.05, 0) is 57.9 Å². The standard InChI is InChI=1S/C25H49N4O9PS/c1-19(2)24(33)27-15-8-4-5-13-23(32)26-14-10-7-12-22(29-20(3)31)25(34)28-16-9-6-11-21(17-30)18-37-39(35,36)38-40/h19,21-22,30,40H,4-18H2,1-3H3,(H,26,32)(H,27,33)(H,28,34)(H,29,31)(H,35,36)/t21?,22-/m0/s1. The van der Waals surface area contributed by atoms with E-state index in [1.165, 1.54) is 6.92 Å². The lowest BCUT2D eigenvalue weighted by molar-refractivity contribution is -0.128. The molecule has 0 saturated carbocycles. The van der Waals surface area contributed by atoms with Crippen molar-refractivity contribution >= 4 is 44.4 Å². The average Bonchev–Trinajstić information content (AvgIpc) is 2.90. The fourth-order valence-electron chi connectivity index (χ4n) is 3.65. The lowest BCUT2D eigenvalue weighted by Gasteiger charge is -2.18. The van der Waals surface area contributed by atoms with Gasteiger partial charge in [0.05, 0.1) is 6.61 Å². The van der Waals surface area contributed by atoms with Gasteiger partial charge in [-0.1, -0.05) is 26.7 Å². The minimum Gasteiger partial charge on any atom is -0.396 e. The Morgan fingerprint density at radius 1 is 0.850 bits per heavy atom. The van der Waals surface area contributed by atoms with Crippen molar-refractivity contribution in [1.29, 1.82) is 0 Å². The maximum atomic E-state index is 12.6. The Hall–Kier alpha value is -1.70. The number of hydrogen-bond donors (Lipinski definition) is 7. The van der Waals surface area contributed by atoms with Crippen molar-refractivity contribution in [2.75, 3.05) is 32.8 Å². The highest BCUT2D eigenvalue weighted by Gasteiger charge is 2.22. The third kappa shape index (κ3) is 21.1. The Balaban J connectivity index is 4.10. The number of rotatable bonds is 24. The van der Waals surface area contributed by atoms with Crippen LogP contribution in [-0.2, 0) is 32.2 Å². The Morgan fingerprint density at radius 3 is 2.00 bits per heavy atom. The fourth-order valence-corrected chi connectivity index (χ4v) is 4.24. The van der Waals surface area contributed by atoms with E-state index < -0.39 is 13.9 Å². The summed E-state index contributed by atoms with van der Waals surface area (Å²) in [5.74, 6) is -0.997. The van der Waals surface area contributed by atoms with Gasteiger partial charge in [-0.15, -0.1) is 0 Å². The predicted molar refractivity (Wildman–Crippen MR) is 154 cm³/mol. The minimum atomic E-state index is -4.22. The largest absolute Gasteiger partial charge is 0.483 e. The summed E-state index contributed by atoms with van der Waals surface area (Å²) in [6.45, 7) is 6.11. The third-order valence-electron chi connectivity index (χ3n) is 6.01. The SMILES string of the molecule is CC(=O)N[C@@H](CCCCNC(=O)CCCCCNC(=O)C(C)C)C(=O)NCCCCC(CO)COP(=O)(O)OS. The predicted octanol–water partition coefficient (Wildman–Crippen LogP) is 1.98. The fraction of sp³-hybridized carbons (Fsp3) is 0.840. The summed E-state index contributed by atoms with van der Waals surface area (Å²) in [7, 11) is -4.22. The number of nitrogens with one attached hydrogen (secondary N) is 4. The lowest BCUT2D eigenvalue weighted by atomic mass is 10.0. The van der Waals surface area contributed by atoms with Crippen LogP contribution in [0.3, 0.4) is 0 Å². The van der Waals surface area contributed by atoms with Gasteiger partial charge < -0.3 is 31.3 Å². The molecule has 0 spiro atoms. The van der Waals surface area contributed by atoms with Crippen LogP contribution in [-0.4, -0.2) is 72.5 Å². The quantitative estimate of drug-likeness (QED) is 0.0370. The van der Waals surface area contributed by atoms with Gasteiger partial charge >= 0.3 is 7.82 Å². The van der Waals surface area contributed by atoms with Crippen LogP contribution >= 0.6 is 20.7 Å². The van der Waals surface area contributed by atoms with Gasteiger partial charge in [0.1, 0.15) is 6.04 Å². The number of unbranched alkanes of at least 4 members (excludes halogenated alkanes) is 4. The molecule has 0 aromatic rings. The second-order valence-corrected chi connectivity index (χ2v) is 11.9. The highest BCUT2D eigenvalue weighted by atomic mass is 32.1. The van der Waals surface area contributed by atoms with E-state index in [2.05, 4.69) is 38.1 Å². The topological polar surface area (TPSA) is 192 Å². The van der Waals surface area contributed by atoms with Crippen LogP contribution in [0, 0.1) is 11.8 Å². The number of aliphatic hydroxyl groups excluding tert-OH is 1. The summed E-state index contributed by atoms with van der Waals surface area (Å²) in [6, 6.07) is -0.678. The molecule has 0 aliphatic carbocycles. The van der Waals surface area contributed by atoms with E-state index >= 15 is 0 Å². The first-order chi connectivity index (χ1) is 18.9. The van der Waals surface area contributed by atoms with Crippen LogP contribution < -0.4 is 21.3 Å². The average molecular weight is 613 g/mol. The molecule has 6 N–H and O–H groups in total. The molecule has 0 fully saturated rings. The summed E-state index contributed by atoms with van der Waals surface area (Å²) in [6.07, 6.45) is 6.34. The van der Waals surface area contributed by atoms with Crippen molar-refractivity contribution in [3.05, 3.63) is 0 Å². The number of phosphoric ester groups is 1. The molecule has 0 saturated heterocycles. The molecule has 3 atom stereocenters. The van der Waals surface area contributed by atoms with Gasteiger partial charge in [0.2, 0.25) is 23.6 Å². The second-order valence-electron chi connectivity index (χ2n) is 10.0. The van der Waals surface area contributed by atoms with E-state index in [1.54, 1.807) is 0 Å². The molecule has 0 bridgehead atoms. The molecule has 0 heterocycles. The second kappa shape index (κ2) is 22.9. The molecular formula is C25H49N4O9PS. The van der Waals surface area contributed by atoms with E-state index in [4.69, 9.17) is 4.52 Å². The van der Waals surface area contributed by atoms with E-state index in [-0.39, 0.29) is 48.7 Å². The Morgan fingerprint density at radius 2 is 1.43 bits per heavy atom. The summed E-state index contributed by atoms with van der Waals surface area (Å²) in [5.41, 5.74) is 0. The number of carbonyl (C=O) groups is 4. The van der Waals surface area contributed by atoms with Crippen molar-refractivity contribution in [1.82, 2.24) is 21.3 Å². The monoisotopic (exact) mass is 612 g/mol. The molecular weight excluding hydrogens is 563 g/mol. The molecule has 0 radical (unpaired) electrons. The summed E-state index contributed by atoms with van der Waals surface area (Å²) in [5, 5.41) is 20.6. The van der Waals surface area contributed by atoms with E-state index in [0.29, 0.717) is 64.6 Å². The first-order valence-corrected chi connectivity index (χ1v) is 15.8. The first-order valence-electron chi connectivity index (χ1n) is 13.9. The van der Waals surface area contributed by atoms with Gasteiger partial charge in [0.15, 0.2) is 0 Å². The molecule has 40 heavy (non-hydrogen) atoms. The van der Waals surface area contributed by atoms with E-state index in [1.807, 2.05) is 13.8 Å². The number of phosphoric acid groups is 1. The van der Waals surface area contributed by atoms with Crippen molar-refractivity contribution in [2.45, 2.75) is 91.0 Å². The molecule has 13 nitrogen and oxygen atoms in total. The molecule has 0 aromatic heterocycles. The maximum absolute atomic E-state index is 12.6. The molecule has 0 aliphatic heterocycles. The van der Waals surface area contributed by atoms with Gasteiger partial charge in [-0.3, -0.25) is 23.7 Å². The molecule has 0 aliphatic rings. The van der Waals surface area contributed by atoms with Crippen LogP contribution in [0.1, 0.15) is 85.0 Å². The maximum Gasteiger partial charge on any atom is 0.483 e. The molecule has 0 rings (SSSR count). The van der Waals surface area contributed by atoms with E-state index in [9.17, 15) is 33.7 Å². The number of aliphatic hydroxyl groups is 1. The zero-order valence-corrected chi connectivity index (χ0v) is 25.8. The number of hydrogen-bond acceptors (Lipinski definition) is 9. The van der Waals surface area contributed by atoms with Gasteiger partial charge in [0, 0.05) is 51.4 Å². The van der Waals surface area contributed by atoms with Gasteiger partial charge in [-0.25, -0.2) is 8.54 Å². The van der Waals surface area contributed by atoms with Gasteiger partial charge in [-0.2, -0.15) is 0 Å². The summed E-state index contributed by atoms with van der Waals surface area (Å²) >= 11 is 3.26. The normalized spacial score (nSPS) is 14.2. The van der Waals surface area contributed by atoms with Gasteiger partial charge in [0.25, 0.3) is 0 Å². The molecule has 15 heteroatoms. The van der Waals surface area contributed by atoms with Crippen LogP contribution in [0.15, 0.2) is 0 Å². The third-order valence-corrected chi connectivity index (χ3v) is 7.31. The van der Waals surface area contributed by atoms with Crippen LogP contribution in [0.5, 0.6) is 0 Å². The van der Waals surface area contributed by atoms with Crippen molar-refractivity contribution in [3.8, 4) is 0 Å². The zero-order valence-electron chi connectivity index (χ0n) is 24.0. The Bertz CT molecular complexity index is 804. The number of amides is 4. The summed E-state index contributed by atoms with van der Waals surface area (Å²) < 4.78 is 20.0. The first kappa shape index (κ1) is 38.3. The zero-order chi connectivity index (χ0) is 30.4. The highest BCUT2D eigenvalue weighted by molar-refractivity contribution is 7.80. The molecule has 4 amide bonds. The van der Waals surface area contributed by atoms with Crippen molar-refractivity contribution < 1.29 is 42.2 Å². The number of carbonyl (C=O) groups excluding carboxylic acids is 4. The molecule has 234 valence electrons. The Kier molecular flexibility index (Phi) is 22.0. The highest BCUT2D eigenvalue weighted by Crippen LogP contribution is 2.44.